The van der Waals surface area contributed by atoms with E-state index < -0.39 is 6.10 Å². The summed E-state index contributed by atoms with van der Waals surface area (Å²) in [4.78, 5) is 4.38. The topological polar surface area (TPSA) is 83.7 Å². The number of rotatable bonds is 10. The van der Waals surface area contributed by atoms with Crippen molar-refractivity contribution in [3.63, 3.8) is 0 Å². The van der Waals surface area contributed by atoms with Crippen LogP contribution in [0.3, 0.4) is 0 Å². The summed E-state index contributed by atoms with van der Waals surface area (Å²) in [6, 6.07) is 7.02. The minimum absolute atomic E-state index is 0.0717. The number of benzene rings is 1. The molecule has 1 aromatic heterocycles. The number of aliphatic hydroxyl groups is 1. The molecule has 0 spiro atoms. The van der Waals surface area contributed by atoms with E-state index >= 15 is 0 Å². The predicted molar refractivity (Wildman–Crippen MR) is 109 cm³/mol. The van der Waals surface area contributed by atoms with Gasteiger partial charge in [-0.2, -0.15) is 5.10 Å². The molecule has 1 heterocycles. The average molecular weight is 414 g/mol. The molecule has 0 saturated heterocycles. The van der Waals surface area contributed by atoms with Gasteiger partial charge in [-0.15, -0.1) is 0 Å². The minimum Gasteiger partial charge on any atom is -0.489 e. The van der Waals surface area contributed by atoms with Gasteiger partial charge >= 0.3 is 0 Å². The Hall–Kier alpha value is -1.96. The molecule has 0 amide bonds. The molecule has 3 N–H and O–H groups in total. The lowest BCUT2D eigenvalue weighted by Crippen LogP contribution is -2.39. The standard InChI is InChI=1S/C18H25Cl2N5O2/c1-2-21-18(22-8-4-10-25-11-5-9-24-25)23-12-14(26)13-27-16-7-3-6-15(19)17(16)20/h3,5-7,9,11,14,26H,2,4,8,10,12-13H2,1H3,(H2,21,22,23). The van der Waals surface area contributed by atoms with Gasteiger partial charge < -0.3 is 20.5 Å². The summed E-state index contributed by atoms with van der Waals surface area (Å²) < 4.78 is 7.41. The van der Waals surface area contributed by atoms with Crippen LogP contribution in [0.4, 0.5) is 0 Å². The monoisotopic (exact) mass is 413 g/mol. The van der Waals surface area contributed by atoms with Gasteiger partial charge in [0.1, 0.15) is 23.5 Å². The molecule has 0 saturated carbocycles. The van der Waals surface area contributed by atoms with Crippen LogP contribution >= 0.6 is 23.2 Å². The van der Waals surface area contributed by atoms with Gasteiger partial charge in [0.25, 0.3) is 0 Å². The zero-order valence-electron chi connectivity index (χ0n) is 15.2. The summed E-state index contributed by atoms with van der Waals surface area (Å²) in [7, 11) is 0. The number of guanidine groups is 1. The third kappa shape index (κ3) is 7.66. The summed E-state index contributed by atoms with van der Waals surface area (Å²) in [5.41, 5.74) is 0. The summed E-state index contributed by atoms with van der Waals surface area (Å²) in [6.45, 7) is 4.57. The SMILES string of the molecule is CCNC(=NCC(O)COc1cccc(Cl)c1Cl)NCCCn1cccn1. The van der Waals surface area contributed by atoms with Crippen molar-refractivity contribution in [3.05, 3.63) is 46.7 Å². The summed E-state index contributed by atoms with van der Waals surface area (Å²) in [5, 5.41) is 21.4. The zero-order valence-corrected chi connectivity index (χ0v) is 16.7. The van der Waals surface area contributed by atoms with Crippen LogP contribution in [0.15, 0.2) is 41.7 Å². The fourth-order valence-electron chi connectivity index (χ4n) is 2.25. The van der Waals surface area contributed by atoms with Crippen LogP contribution in [0, 0.1) is 0 Å². The van der Waals surface area contributed by atoms with E-state index in [4.69, 9.17) is 27.9 Å². The van der Waals surface area contributed by atoms with Crippen LogP contribution in [0.1, 0.15) is 13.3 Å². The Morgan fingerprint density at radius 2 is 2.19 bits per heavy atom. The Balaban J connectivity index is 1.74. The first-order valence-corrected chi connectivity index (χ1v) is 9.60. The number of aromatic nitrogens is 2. The molecule has 0 radical (unpaired) electrons. The number of halogens is 2. The molecule has 0 aliphatic carbocycles. The van der Waals surface area contributed by atoms with Crippen molar-refractivity contribution in [1.29, 1.82) is 0 Å². The van der Waals surface area contributed by atoms with Crippen molar-refractivity contribution in [3.8, 4) is 5.75 Å². The first-order valence-electron chi connectivity index (χ1n) is 8.84. The number of ether oxygens (including phenoxy) is 1. The zero-order chi connectivity index (χ0) is 19.5. The number of nitrogens with one attached hydrogen (secondary N) is 2. The highest BCUT2D eigenvalue weighted by molar-refractivity contribution is 6.42. The number of aliphatic hydroxyl groups excluding tert-OH is 1. The maximum absolute atomic E-state index is 10.1. The lowest BCUT2D eigenvalue weighted by atomic mass is 10.3. The molecular weight excluding hydrogens is 389 g/mol. The first-order chi connectivity index (χ1) is 13.1. The quantitative estimate of drug-likeness (QED) is 0.316. The summed E-state index contributed by atoms with van der Waals surface area (Å²) >= 11 is 12.0. The molecule has 1 unspecified atom stereocenters. The van der Waals surface area contributed by atoms with E-state index in [1.807, 2.05) is 23.9 Å². The molecule has 0 fully saturated rings. The lowest BCUT2D eigenvalue weighted by molar-refractivity contribution is 0.114. The van der Waals surface area contributed by atoms with Gasteiger partial charge in [-0.1, -0.05) is 29.3 Å². The van der Waals surface area contributed by atoms with Crippen LogP contribution in [0.2, 0.25) is 10.0 Å². The van der Waals surface area contributed by atoms with E-state index in [0.717, 1.165) is 26.1 Å². The second-order valence-corrected chi connectivity index (χ2v) is 6.57. The summed E-state index contributed by atoms with van der Waals surface area (Å²) in [6.07, 6.45) is 3.84. The molecular formula is C18H25Cl2N5O2. The largest absolute Gasteiger partial charge is 0.489 e. The van der Waals surface area contributed by atoms with Crippen LogP contribution < -0.4 is 15.4 Å². The van der Waals surface area contributed by atoms with Gasteiger partial charge in [0.05, 0.1) is 11.6 Å². The first kappa shape index (κ1) is 21.3. The third-order valence-corrected chi connectivity index (χ3v) is 4.37. The van der Waals surface area contributed by atoms with Gasteiger partial charge in [-0.25, -0.2) is 0 Å². The smallest absolute Gasteiger partial charge is 0.191 e. The maximum Gasteiger partial charge on any atom is 0.191 e. The van der Waals surface area contributed by atoms with E-state index in [1.54, 1.807) is 24.4 Å². The van der Waals surface area contributed by atoms with Crippen LogP contribution in [0.25, 0.3) is 0 Å². The molecule has 0 aliphatic heterocycles. The molecule has 0 aliphatic rings. The fraction of sp³-hybridized carbons (Fsp3) is 0.444. The van der Waals surface area contributed by atoms with Gasteiger partial charge in [-0.3, -0.25) is 9.67 Å². The highest BCUT2D eigenvalue weighted by Crippen LogP contribution is 2.31. The van der Waals surface area contributed by atoms with Crippen LogP contribution in [0.5, 0.6) is 5.75 Å². The van der Waals surface area contributed by atoms with E-state index in [2.05, 4.69) is 20.7 Å². The second kappa shape index (κ2) is 11.7. The van der Waals surface area contributed by atoms with Crippen molar-refractivity contribution in [2.24, 2.45) is 4.99 Å². The highest BCUT2D eigenvalue weighted by atomic mass is 35.5. The Kier molecular flexibility index (Phi) is 9.24. The lowest BCUT2D eigenvalue weighted by Gasteiger charge is -2.14. The van der Waals surface area contributed by atoms with Crippen LogP contribution in [-0.4, -0.2) is 53.2 Å². The van der Waals surface area contributed by atoms with Gasteiger partial charge in [0, 0.05) is 32.0 Å². The highest BCUT2D eigenvalue weighted by Gasteiger charge is 2.09. The van der Waals surface area contributed by atoms with Crippen molar-refractivity contribution in [2.45, 2.75) is 26.0 Å². The molecule has 1 aromatic carbocycles. The third-order valence-electron chi connectivity index (χ3n) is 3.57. The maximum atomic E-state index is 10.1. The van der Waals surface area contributed by atoms with Crippen molar-refractivity contribution in [2.75, 3.05) is 26.2 Å². The van der Waals surface area contributed by atoms with Crippen molar-refractivity contribution < 1.29 is 9.84 Å². The normalized spacial score (nSPS) is 12.7. The molecule has 1 atom stereocenters. The minimum atomic E-state index is -0.764. The van der Waals surface area contributed by atoms with Crippen LogP contribution in [-0.2, 0) is 6.54 Å². The molecule has 0 bridgehead atoms. The molecule has 7 nitrogen and oxygen atoms in total. The Morgan fingerprint density at radius 3 is 2.93 bits per heavy atom. The van der Waals surface area contributed by atoms with Crippen molar-refractivity contribution in [1.82, 2.24) is 20.4 Å². The molecule has 9 heteroatoms. The average Bonchev–Trinajstić information content (AvgIpc) is 3.17. The Labute approximate surface area is 169 Å². The number of aliphatic imine (C=N–C) groups is 1. The molecule has 27 heavy (non-hydrogen) atoms. The van der Waals surface area contributed by atoms with E-state index in [-0.39, 0.29) is 13.2 Å². The number of hydrogen-bond donors (Lipinski definition) is 3. The van der Waals surface area contributed by atoms with Gasteiger partial charge in [0.15, 0.2) is 5.96 Å². The van der Waals surface area contributed by atoms with Gasteiger partial charge in [-0.05, 0) is 31.5 Å². The molecule has 2 rings (SSSR count). The van der Waals surface area contributed by atoms with E-state index in [0.29, 0.717) is 21.8 Å². The molecule has 2 aromatic rings. The number of aryl methyl sites for hydroxylation is 1. The Morgan fingerprint density at radius 1 is 1.33 bits per heavy atom. The van der Waals surface area contributed by atoms with E-state index in [9.17, 15) is 5.11 Å². The summed E-state index contributed by atoms with van der Waals surface area (Å²) in [5.74, 6) is 1.09. The number of nitrogens with zero attached hydrogens (tertiary/aromatic N) is 3. The van der Waals surface area contributed by atoms with Crippen molar-refractivity contribution >= 4 is 29.2 Å². The Bertz CT molecular complexity index is 710. The predicted octanol–water partition coefficient (Wildman–Crippen LogP) is 2.58. The number of hydrogen-bond acceptors (Lipinski definition) is 4. The second-order valence-electron chi connectivity index (χ2n) is 5.79. The molecule has 148 valence electrons. The van der Waals surface area contributed by atoms with Gasteiger partial charge in [0.2, 0.25) is 0 Å². The fourth-order valence-corrected chi connectivity index (χ4v) is 2.60. The van der Waals surface area contributed by atoms with E-state index in [1.165, 1.54) is 0 Å².